The number of amides is 4. The van der Waals surface area contributed by atoms with Gasteiger partial charge in [-0.1, -0.05) is 26.0 Å². The molecule has 1 aromatic carbocycles. The molecular weight excluding hydrogens is 704 g/mol. The van der Waals surface area contributed by atoms with Crippen molar-refractivity contribution in [3.8, 4) is 11.6 Å². The molecule has 2 saturated carbocycles. The maximum absolute atomic E-state index is 14.3. The van der Waals surface area contributed by atoms with E-state index in [9.17, 15) is 41.5 Å². The van der Waals surface area contributed by atoms with Crippen molar-refractivity contribution in [3.05, 3.63) is 42.4 Å². The Labute approximate surface area is 299 Å². The number of aromatic nitrogens is 1. The van der Waals surface area contributed by atoms with Crippen LogP contribution in [0.25, 0.3) is 10.8 Å². The molecule has 6 rings (SSSR count). The molecule has 282 valence electrons. The van der Waals surface area contributed by atoms with Crippen molar-refractivity contribution in [2.45, 2.75) is 87.3 Å². The fraction of sp³-hybridized carbons (Fsp3) is 0.571. The van der Waals surface area contributed by atoms with Crippen LogP contribution in [0.5, 0.6) is 11.6 Å². The molecule has 4 N–H and O–H groups in total. The summed E-state index contributed by atoms with van der Waals surface area (Å²) in [7, 11) is -3.00. The van der Waals surface area contributed by atoms with Crippen LogP contribution in [0.15, 0.2) is 36.5 Å². The lowest BCUT2D eigenvalue weighted by Crippen LogP contribution is -2.59. The van der Waals surface area contributed by atoms with Gasteiger partial charge in [0.15, 0.2) is 0 Å². The molecule has 0 spiro atoms. The van der Waals surface area contributed by atoms with Crippen molar-refractivity contribution in [2.75, 3.05) is 20.3 Å². The van der Waals surface area contributed by atoms with Crippen LogP contribution in [-0.4, -0.2) is 96.0 Å². The highest BCUT2D eigenvalue weighted by atomic mass is 32.2. The zero-order valence-corrected chi connectivity index (χ0v) is 29.9. The maximum Gasteiger partial charge on any atom is 0.405 e. The summed E-state index contributed by atoms with van der Waals surface area (Å²) < 4.78 is 66.0. The van der Waals surface area contributed by atoms with Crippen LogP contribution in [-0.2, 0) is 24.4 Å². The van der Waals surface area contributed by atoms with Gasteiger partial charge in [-0.25, -0.2) is 27.0 Å². The summed E-state index contributed by atoms with van der Waals surface area (Å²) in [5.74, 6) is -3.61. The SMILES string of the molecule is COc1cnc(O[C@@H]2C[C@H]3C(=O)N[C@]4(C(=O)NS(=O)(=O)C5(CF)CC5)C[C@H]4/C=C\CC[C@@H](C)C[C@@H](C)[C@H](NC(=O)O)C(=O)N3C2)c2ccc(F)cc12. The number of ether oxygens (including phenoxy) is 2. The second-order valence-corrected chi connectivity index (χ2v) is 16.7. The van der Waals surface area contributed by atoms with Crippen LogP contribution in [0.2, 0.25) is 0 Å². The molecule has 2 aliphatic heterocycles. The number of fused-ring (bicyclic) bond motifs is 3. The molecule has 0 radical (unpaired) electrons. The number of allylic oxidation sites excluding steroid dienone is 1. The standard InChI is InChI=1S/C35H43F2N5O9S/c1-19-6-4-5-7-21-15-35(21,32(45)41-52(48,49)34(18-36)10-11-34)40-29(43)26-14-23(17-42(26)31(44)28(20(2)12-19)39-33(46)47)51-30-24-9-8-22(37)13-25(24)27(50-3)16-38-30/h5,7-9,13,16,19-21,23,26,28,39H,4,6,10-12,14-15,17-18H2,1-3H3,(H,40,43)(H,41,45)(H,46,47)/b7-5-/t19-,20-,21-,23-,26+,28+,35-/m1/s1. The summed E-state index contributed by atoms with van der Waals surface area (Å²) in [5, 5.41) is 15.6. The van der Waals surface area contributed by atoms with Gasteiger partial charge in [0.2, 0.25) is 27.7 Å². The fourth-order valence-corrected chi connectivity index (χ4v) is 8.89. The van der Waals surface area contributed by atoms with Gasteiger partial charge >= 0.3 is 6.09 Å². The van der Waals surface area contributed by atoms with Crippen LogP contribution in [0, 0.1) is 23.6 Å². The minimum absolute atomic E-state index is 0.0603. The molecule has 4 aliphatic rings. The molecule has 52 heavy (non-hydrogen) atoms. The van der Waals surface area contributed by atoms with Gasteiger partial charge < -0.3 is 30.1 Å². The summed E-state index contributed by atoms with van der Waals surface area (Å²) in [6.07, 6.45) is 4.48. The van der Waals surface area contributed by atoms with Crippen LogP contribution < -0.4 is 24.8 Å². The Balaban J connectivity index is 1.35. The topological polar surface area (TPSA) is 193 Å². The smallest absolute Gasteiger partial charge is 0.405 e. The van der Waals surface area contributed by atoms with E-state index in [0.717, 1.165) is 0 Å². The predicted molar refractivity (Wildman–Crippen MR) is 183 cm³/mol. The summed E-state index contributed by atoms with van der Waals surface area (Å²) in [5.41, 5.74) is -1.70. The normalized spacial score (nSPS) is 30.8. The van der Waals surface area contributed by atoms with Crippen molar-refractivity contribution in [3.63, 3.8) is 0 Å². The molecule has 7 atom stereocenters. The number of methoxy groups -OCH3 is 1. The largest absolute Gasteiger partial charge is 0.494 e. The van der Waals surface area contributed by atoms with Crippen LogP contribution in [0.3, 0.4) is 0 Å². The van der Waals surface area contributed by atoms with Gasteiger partial charge in [-0.15, -0.1) is 0 Å². The third-order valence-electron chi connectivity index (χ3n) is 10.8. The number of sulfonamides is 1. The van der Waals surface area contributed by atoms with E-state index in [-0.39, 0.29) is 44.0 Å². The first-order valence-electron chi connectivity index (χ1n) is 17.3. The Hall–Kier alpha value is -4.54. The number of nitrogens with one attached hydrogen (secondary N) is 3. The van der Waals surface area contributed by atoms with E-state index >= 15 is 0 Å². The van der Waals surface area contributed by atoms with E-state index in [2.05, 4.69) is 15.6 Å². The van der Waals surface area contributed by atoms with E-state index in [4.69, 9.17) is 9.47 Å². The van der Waals surface area contributed by atoms with Gasteiger partial charge in [-0.2, -0.15) is 0 Å². The molecule has 1 saturated heterocycles. The minimum atomic E-state index is -4.41. The van der Waals surface area contributed by atoms with Crippen molar-refractivity contribution >= 4 is 44.6 Å². The minimum Gasteiger partial charge on any atom is -0.494 e. The Morgan fingerprint density at radius 3 is 2.60 bits per heavy atom. The van der Waals surface area contributed by atoms with Gasteiger partial charge in [-0.05, 0) is 68.6 Å². The highest BCUT2D eigenvalue weighted by Crippen LogP contribution is 2.48. The van der Waals surface area contributed by atoms with Crippen LogP contribution in [0.4, 0.5) is 13.6 Å². The van der Waals surface area contributed by atoms with Gasteiger partial charge in [0.1, 0.15) is 46.7 Å². The average molecular weight is 748 g/mol. The first-order valence-corrected chi connectivity index (χ1v) is 18.8. The molecule has 14 nitrogen and oxygen atoms in total. The first kappa shape index (κ1) is 37.2. The second kappa shape index (κ2) is 14.1. The first-order chi connectivity index (χ1) is 24.6. The van der Waals surface area contributed by atoms with Crippen molar-refractivity contribution in [2.24, 2.45) is 17.8 Å². The van der Waals surface area contributed by atoms with Crippen molar-refractivity contribution < 1.29 is 51.0 Å². The zero-order chi connectivity index (χ0) is 37.6. The number of hydrogen-bond acceptors (Lipinski definition) is 9. The Kier molecular flexibility index (Phi) is 10.1. The lowest BCUT2D eigenvalue weighted by molar-refractivity contribution is -0.142. The van der Waals surface area contributed by atoms with E-state index in [0.29, 0.717) is 35.8 Å². The Morgan fingerprint density at radius 1 is 1.17 bits per heavy atom. The van der Waals surface area contributed by atoms with E-state index in [1.165, 1.54) is 36.4 Å². The number of carboxylic acid groups (broad SMARTS) is 1. The highest BCUT2D eigenvalue weighted by molar-refractivity contribution is 7.91. The number of carbonyl (C=O) groups excluding carboxylic acids is 3. The summed E-state index contributed by atoms with van der Waals surface area (Å²) in [6.45, 7) is 2.40. The van der Waals surface area contributed by atoms with Crippen molar-refractivity contribution in [1.29, 1.82) is 0 Å². The van der Waals surface area contributed by atoms with Gasteiger partial charge in [0.05, 0.1) is 19.9 Å². The number of halogens is 2. The summed E-state index contributed by atoms with van der Waals surface area (Å²) >= 11 is 0. The second-order valence-electron chi connectivity index (χ2n) is 14.6. The van der Waals surface area contributed by atoms with Gasteiger partial charge in [-0.3, -0.25) is 19.1 Å². The lowest BCUT2D eigenvalue weighted by Gasteiger charge is -2.32. The molecule has 0 unspecified atom stereocenters. The van der Waals surface area contributed by atoms with Crippen molar-refractivity contribution in [1.82, 2.24) is 25.2 Å². The summed E-state index contributed by atoms with van der Waals surface area (Å²) in [4.78, 5) is 59.8. The molecule has 0 bridgehead atoms. The highest BCUT2D eigenvalue weighted by Gasteiger charge is 2.64. The van der Waals surface area contributed by atoms with E-state index in [1.54, 1.807) is 13.0 Å². The van der Waals surface area contributed by atoms with E-state index in [1.807, 2.05) is 17.7 Å². The third kappa shape index (κ3) is 7.11. The molecule has 2 aromatic rings. The monoisotopic (exact) mass is 747 g/mol. The number of nitrogens with zero attached hydrogens (tertiary/aromatic N) is 2. The molecule has 1 aromatic heterocycles. The number of hydrogen-bond donors (Lipinski definition) is 4. The fourth-order valence-electron chi connectivity index (χ4n) is 7.46. The van der Waals surface area contributed by atoms with Crippen LogP contribution >= 0.6 is 0 Å². The third-order valence-corrected chi connectivity index (χ3v) is 12.9. The molecule has 3 fully saturated rings. The van der Waals surface area contributed by atoms with Gasteiger partial charge in [0, 0.05) is 23.1 Å². The number of alkyl halides is 1. The molecule has 4 amide bonds. The number of carbonyl (C=O) groups is 4. The molecule has 3 heterocycles. The lowest BCUT2D eigenvalue weighted by atomic mass is 9.88. The maximum atomic E-state index is 14.3. The average Bonchev–Trinajstić information content (AvgIpc) is 4.00. The number of rotatable bonds is 8. The zero-order valence-electron chi connectivity index (χ0n) is 29.1. The Bertz CT molecular complexity index is 1910. The molecular formula is C35H43F2N5O9S. The van der Waals surface area contributed by atoms with Gasteiger partial charge in [0.25, 0.3) is 5.91 Å². The quantitative estimate of drug-likeness (QED) is 0.292. The molecule has 17 heteroatoms. The number of benzene rings is 1. The van der Waals surface area contributed by atoms with E-state index < -0.39 is 86.6 Å². The molecule has 2 aliphatic carbocycles. The summed E-state index contributed by atoms with van der Waals surface area (Å²) in [6, 6.07) is 1.43. The predicted octanol–water partition coefficient (Wildman–Crippen LogP) is 3.20. The Morgan fingerprint density at radius 2 is 1.92 bits per heavy atom. The van der Waals surface area contributed by atoms with Crippen LogP contribution in [0.1, 0.15) is 58.8 Å². The number of pyridine rings is 1.